The van der Waals surface area contributed by atoms with Gasteiger partial charge in [0.05, 0.1) is 0 Å². The second kappa shape index (κ2) is 3.91. The molecule has 0 aromatic rings. The van der Waals surface area contributed by atoms with Crippen LogP contribution in [0.2, 0.25) is 0 Å². The van der Waals surface area contributed by atoms with Gasteiger partial charge >= 0.3 is 6.09 Å². The maximum atomic E-state index is 11.8. The monoisotopic (exact) mass is 226 g/mol. The first-order chi connectivity index (χ1) is 7.37. The Hall–Kier alpha value is -0.770. The fourth-order valence-corrected chi connectivity index (χ4v) is 2.35. The zero-order valence-corrected chi connectivity index (χ0v) is 10.4. The van der Waals surface area contributed by atoms with E-state index in [9.17, 15) is 4.79 Å². The Bertz CT molecular complexity index is 281. The van der Waals surface area contributed by atoms with Gasteiger partial charge in [-0.2, -0.15) is 0 Å². The zero-order chi connectivity index (χ0) is 11.9. The van der Waals surface area contributed by atoms with Crippen LogP contribution in [0.5, 0.6) is 0 Å². The molecule has 2 aliphatic rings. The summed E-state index contributed by atoms with van der Waals surface area (Å²) in [5.41, 5.74) is 5.64. The Labute approximate surface area is 97.1 Å². The highest BCUT2D eigenvalue weighted by Gasteiger charge is 2.43. The van der Waals surface area contributed by atoms with Gasteiger partial charge in [0.2, 0.25) is 0 Å². The van der Waals surface area contributed by atoms with Gasteiger partial charge in [0.15, 0.2) is 0 Å². The molecule has 92 valence electrons. The third-order valence-corrected chi connectivity index (χ3v) is 3.29. The molecular weight excluding hydrogens is 204 g/mol. The molecule has 4 heteroatoms. The van der Waals surface area contributed by atoms with Crippen LogP contribution < -0.4 is 5.73 Å². The van der Waals surface area contributed by atoms with Gasteiger partial charge in [-0.3, -0.25) is 0 Å². The van der Waals surface area contributed by atoms with E-state index in [1.54, 1.807) is 4.90 Å². The molecular formula is C12H22N2O2. The Balaban J connectivity index is 1.89. The minimum absolute atomic E-state index is 0.139. The Morgan fingerprint density at radius 3 is 2.44 bits per heavy atom. The van der Waals surface area contributed by atoms with Crippen LogP contribution in [0.15, 0.2) is 0 Å². The van der Waals surface area contributed by atoms with Crippen molar-refractivity contribution < 1.29 is 9.53 Å². The number of carbonyl (C=O) groups excluding carboxylic acids is 1. The van der Waals surface area contributed by atoms with E-state index in [1.807, 2.05) is 20.8 Å². The molecule has 4 nitrogen and oxygen atoms in total. The summed E-state index contributed by atoms with van der Waals surface area (Å²) in [7, 11) is 0. The number of amides is 1. The van der Waals surface area contributed by atoms with Crippen molar-refractivity contribution in [1.82, 2.24) is 4.90 Å². The maximum Gasteiger partial charge on any atom is 0.410 e. The number of nitrogens with zero attached hydrogens (tertiary/aromatic N) is 1. The minimum Gasteiger partial charge on any atom is -0.444 e. The van der Waals surface area contributed by atoms with Crippen molar-refractivity contribution in [3.63, 3.8) is 0 Å². The summed E-state index contributed by atoms with van der Waals surface area (Å²) in [6, 6.07) is 0.139. The molecule has 2 fully saturated rings. The molecule has 1 heterocycles. The van der Waals surface area contributed by atoms with Crippen molar-refractivity contribution in [1.29, 1.82) is 0 Å². The topological polar surface area (TPSA) is 55.6 Å². The van der Waals surface area contributed by atoms with Crippen molar-refractivity contribution in [2.24, 2.45) is 17.6 Å². The molecule has 0 bridgehead atoms. The van der Waals surface area contributed by atoms with Crippen LogP contribution in [0.4, 0.5) is 4.79 Å². The summed E-state index contributed by atoms with van der Waals surface area (Å²) in [5.74, 6) is 1.25. The van der Waals surface area contributed by atoms with E-state index in [0.29, 0.717) is 12.5 Å². The molecule has 16 heavy (non-hydrogen) atoms. The van der Waals surface area contributed by atoms with Crippen LogP contribution in [0.3, 0.4) is 0 Å². The number of carbonyl (C=O) groups is 1. The van der Waals surface area contributed by atoms with Gasteiger partial charge in [-0.25, -0.2) is 4.79 Å². The van der Waals surface area contributed by atoms with Crippen LogP contribution >= 0.6 is 0 Å². The first kappa shape index (κ1) is 11.7. The van der Waals surface area contributed by atoms with Crippen molar-refractivity contribution in [2.45, 2.75) is 45.3 Å². The summed E-state index contributed by atoms with van der Waals surface area (Å²) in [6.45, 7) is 7.09. The smallest absolute Gasteiger partial charge is 0.410 e. The predicted molar refractivity (Wildman–Crippen MR) is 62.0 cm³/mol. The molecule has 2 atom stereocenters. The van der Waals surface area contributed by atoms with Crippen LogP contribution in [0.1, 0.15) is 33.6 Å². The first-order valence-corrected chi connectivity index (χ1v) is 6.10. The van der Waals surface area contributed by atoms with E-state index in [-0.39, 0.29) is 12.1 Å². The van der Waals surface area contributed by atoms with Gasteiger partial charge < -0.3 is 15.4 Å². The molecule has 1 saturated carbocycles. The molecule has 2 rings (SSSR count). The van der Waals surface area contributed by atoms with E-state index in [4.69, 9.17) is 10.5 Å². The SMILES string of the molecule is CC(C)(C)OC(=O)N1C[C@@H](N)[C@H](C2CC2)C1. The lowest BCUT2D eigenvalue weighted by molar-refractivity contribution is 0.0285. The fourth-order valence-electron chi connectivity index (χ4n) is 2.35. The maximum absolute atomic E-state index is 11.8. The minimum atomic E-state index is -0.418. The average Bonchev–Trinajstić information content (AvgIpc) is 2.87. The Kier molecular flexibility index (Phi) is 2.86. The molecule has 0 aromatic heterocycles. The standard InChI is InChI=1S/C12H22N2O2/c1-12(2,3)16-11(15)14-6-9(8-4-5-8)10(13)7-14/h8-10H,4-7,13H2,1-3H3/t9-,10+/m0/s1. The summed E-state index contributed by atoms with van der Waals surface area (Å²) in [5, 5.41) is 0. The van der Waals surface area contributed by atoms with E-state index in [1.165, 1.54) is 12.8 Å². The highest BCUT2D eigenvalue weighted by Crippen LogP contribution is 2.41. The number of likely N-dealkylation sites (tertiary alicyclic amines) is 1. The quantitative estimate of drug-likeness (QED) is 0.738. The van der Waals surface area contributed by atoms with E-state index in [2.05, 4.69) is 0 Å². The number of hydrogen-bond acceptors (Lipinski definition) is 3. The van der Waals surface area contributed by atoms with Crippen LogP contribution in [-0.2, 0) is 4.74 Å². The molecule has 2 N–H and O–H groups in total. The van der Waals surface area contributed by atoms with Crippen LogP contribution in [-0.4, -0.2) is 35.7 Å². The second-order valence-electron chi connectivity index (χ2n) is 6.05. The van der Waals surface area contributed by atoms with E-state index in [0.717, 1.165) is 12.5 Å². The molecule has 0 aromatic carbocycles. The Morgan fingerprint density at radius 1 is 1.31 bits per heavy atom. The van der Waals surface area contributed by atoms with Gasteiger partial charge in [0.1, 0.15) is 5.60 Å². The van der Waals surface area contributed by atoms with Gasteiger partial charge in [-0.15, -0.1) is 0 Å². The highest BCUT2D eigenvalue weighted by molar-refractivity contribution is 5.68. The fraction of sp³-hybridized carbons (Fsp3) is 0.917. The number of nitrogens with two attached hydrogens (primary N) is 1. The Morgan fingerprint density at radius 2 is 1.94 bits per heavy atom. The summed E-state index contributed by atoms with van der Waals surface area (Å²) in [4.78, 5) is 13.6. The third-order valence-electron chi connectivity index (χ3n) is 3.29. The molecule has 0 spiro atoms. The number of rotatable bonds is 1. The van der Waals surface area contributed by atoms with Gasteiger partial charge in [0, 0.05) is 19.1 Å². The number of ether oxygens (including phenoxy) is 1. The highest BCUT2D eigenvalue weighted by atomic mass is 16.6. The van der Waals surface area contributed by atoms with Crippen LogP contribution in [0, 0.1) is 11.8 Å². The zero-order valence-electron chi connectivity index (χ0n) is 10.4. The summed E-state index contributed by atoms with van der Waals surface area (Å²) in [6.07, 6.45) is 2.34. The molecule has 1 amide bonds. The van der Waals surface area contributed by atoms with Crippen molar-refractivity contribution in [3.8, 4) is 0 Å². The van der Waals surface area contributed by atoms with E-state index >= 15 is 0 Å². The molecule has 1 aliphatic heterocycles. The van der Waals surface area contributed by atoms with Gasteiger partial charge in [-0.05, 0) is 45.4 Å². The lowest BCUT2D eigenvalue weighted by Crippen LogP contribution is -2.36. The summed E-state index contributed by atoms with van der Waals surface area (Å²) >= 11 is 0. The van der Waals surface area contributed by atoms with Crippen molar-refractivity contribution in [3.05, 3.63) is 0 Å². The van der Waals surface area contributed by atoms with Gasteiger partial charge in [0.25, 0.3) is 0 Å². The lowest BCUT2D eigenvalue weighted by Gasteiger charge is -2.24. The predicted octanol–water partition coefficient (Wildman–Crippen LogP) is 1.59. The lowest BCUT2D eigenvalue weighted by atomic mass is 9.99. The molecule has 0 radical (unpaired) electrons. The first-order valence-electron chi connectivity index (χ1n) is 6.10. The van der Waals surface area contributed by atoms with Crippen molar-refractivity contribution >= 4 is 6.09 Å². The number of hydrogen-bond donors (Lipinski definition) is 1. The summed E-state index contributed by atoms with van der Waals surface area (Å²) < 4.78 is 5.35. The average molecular weight is 226 g/mol. The van der Waals surface area contributed by atoms with Crippen LogP contribution in [0.25, 0.3) is 0 Å². The molecule has 1 aliphatic carbocycles. The normalized spacial score (nSPS) is 30.6. The van der Waals surface area contributed by atoms with E-state index < -0.39 is 5.60 Å². The van der Waals surface area contributed by atoms with Crippen molar-refractivity contribution in [2.75, 3.05) is 13.1 Å². The third kappa shape index (κ3) is 2.67. The molecule has 0 unspecified atom stereocenters. The second-order valence-corrected chi connectivity index (χ2v) is 6.05. The van der Waals surface area contributed by atoms with Gasteiger partial charge in [-0.1, -0.05) is 0 Å². The largest absolute Gasteiger partial charge is 0.444 e. The molecule has 1 saturated heterocycles.